The van der Waals surface area contributed by atoms with E-state index in [0.717, 1.165) is 36.9 Å². The molecule has 0 aliphatic carbocycles. The maximum atomic E-state index is 5.90. The fourth-order valence-corrected chi connectivity index (χ4v) is 3.62. The highest BCUT2D eigenvalue weighted by Crippen LogP contribution is 2.21. The maximum Gasteiger partial charge on any atom is 0.193 e. The van der Waals surface area contributed by atoms with Gasteiger partial charge in [-0.05, 0) is 12.1 Å². The summed E-state index contributed by atoms with van der Waals surface area (Å²) in [5, 5.41) is 7.71. The van der Waals surface area contributed by atoms with Crippen molar-refractivity contribution < 1.29 is 4.74 Å². The van der Waals surface area contributed by atoms with Crippen LogP contribution in [0.1, 0.15) is 11.7 Å². The largest absolute Gasteiger partial charge is 0.370 e. The van der Waals surface area contributed by atoms with Gasteiger partial charge in [0.05, 0.1) is 19.3 Å². The zero-order valence-electron chi connectivity index (χ0n) is 14.8. The molecular weight excluding hydrogens is 334 g/mol. The number of aryl methyl sites for hydroxylation is 1. The Bertz CT molecular complexity index is 688. The molecule has 0 spiro atoms. The molecule has 1 aromatic heterocycles. The van der Waals surface area contributed by atoms with Crippen molar-refractivity contribution in [3.05, 3.63) is 48.3 Å². The molecule has 1 aromatic carbocycles. The van der Waals surface area contributed by atoms with Crippen molar-refractivity contribution in [1.29, 1.82) is 0 Å². The molecule has 2 heterocycles. The summed E-state index contributed by atoms with van der Waals surface area (Å²) in [5.41, 5.74) is 1.11. The molecule has 134 valence electrons. The van der Waals surface area contributed by atoms with Gasteiger partial charge < -0.3 is 15.0 Å². The van der Waals surface area contributed by atoms with Gasteiger partial charge in [-0.15, -0.1) is 11.8 Å². The van der Waals surface area contributed by atoms with E-state index in [-0.39, 0.29) is 6.10 Å². The Morgan fingerprint density at radius 3 is 2.96 bits per heavy atom. The predicted molar refractivity (Wildman–Crippen MR) is 102 cm³/mol. The SMILES string of the molecule is CN=C(NCCSc1ccccc1)N1CCOC(c2cnn(C)c2)C1. The second-order valence-electron chi connectivity index (χ2n) is 5.89. The number of guanidine groups is 1. The van der Waals surface area contributed by atoms with E-state index in [1.54, 1.807) is 0 Å². The Balaban J connectivity index is 1.48. The van der Waals surface area contributed by atoms with E-state index in [4.69, 9.17) is 4.74 Å². The van der Waals surface area contributed by atoms with Crippen LogP contribution in [0, 0.1) is 0 Å². The molecule has 7 heteroatoms. The van der Waals surface area contributed by atoms with Crippen LogP contribution in [0.2, 0.25) is 0 Å². The Morgan fingerprint density at radius 1 is 1.40 bits per heavy atom. The molecule has 25 heavy (non-hydrogen) atoms. The van der Waals surface area contributed by atoms with E-state index < -0.39 is 0 Å². The van der Waals surface area contributed by atoms with Gasteiger partial charge in [-0.1, -0.05) is 18.2 Å². The minimum absolute atomic E-state index is 0.0414. The molecule has 1 unspecified atom stereocenters. The summed E-state index contributed by atoms with van der Waals surface area (Å²) in [6, 6.07) is 10.5. The fourth-order valence-electron chi connectivity index (χ4n) is 2.83. The number of hydrogen-bond donors (Lipinski definition) is 1. The first-order valence-corrected chi connectivity index (χ1v) is 9.48. The van der Waals surface area contributed by atoms with E-state index in [1.165, 1.54) is 4.90 Å². The fraction of sp³-hybridized carbons (Fsp3) is 0.444. The molecule has 0 radical (unpaired) electrons. The first-order valence-electron chi connectivity index (χ1n) is 8.50. The average molecular weight is 359 g/mol. The number of morpholine rings is 1. The molecular formula is C18H25N5OS. The molecule has 3 rings (SSSR count). The smallest absolute Gasteiger partial charge is 0.193 e. The van der Waals surface area contributed by atoms with E-state index in [0.29, 0.717) is 6.61 Å². The molecule has 1 saturated heterocycles. The van der Waals surface area contributed by atoms with E-state index in [1.807, 2.05) is 49.0 Å². The van der Waals surface area contributed by atoms with Crippen LogP contribution in [0.5, 0.6) is 0 Å². The van der Waals surface area contributed by atoms with Gasteiger partial charge in [0, 0.05) is 49.6 Å². The van der Waals surface area contributed by atoms with Crippen molar-refractivity contribution >= 4 is 17.7 Å². The van der Waals surface area contributed by atoms with Crippen molar-refractivity contribution in [1.82, 2.24) is 20.0 Å². The zero-order valence-corrected chi connectivity index (χ0v) is 15.6. The van der Waals surface area contributed by atoms with Gasteiger partial charge in [0.2, 0.25) is 0 Å². The number of ether oxygens (including phenoxy) is 1. The van der Waals surface area contributed by atoms with E-state index in [2.05, 4.69) is 44.6 Å². The standard InChI is InChI=1S/C18H25N5OS/c1-19-18(20-8-11-25-16-6-4-3-5-7-16)23-9-10-24-17(14-23)15-12-21-22(2)13-15/h3-7,12-13,17H,8-11,14H2,1-2H3,(H,19,20). The van der Waals surface area contributed by atoms with Crippen molar-refractivity contribution in [2.45, 2.75) is 11.0 Å². The quantitative estimate of drug-likeness (QED) is 0.384. The van der Waals surface area contributed by atoms with Gasteiger partial charge in [0.15, 0.2) is 5.96 Å². The highest BCUT2D eigenvalue weighted by molar-refractivity contribution is 7.99. The van der Waals surface area contributed by atoms with Crippen LogP contribution in [0.15, 0.2) is 52.6 Å². The van der Waals surface area contributed by atoms with Gasteiger partial charge in [0.1, 0.15) is 6.10 Å². The molecule has 1 fully saturated rings. The van der Waals surface area contributed by atoms with Crippen molar-refractivity contribution in [2.75, 3.05) is 39.0 Å². The lowest BCUT2D eigenvalue weighted by atomic mass is 10.1. The van der Waals surface area contributed by atoms with Gasteiger partial charge in [0.25, 0.3) is 0 Å². The molecule has 2 aromatic rings. The second-order valence-corrected chi connectivity index (χ2v) is 7.06. The second kappa shape index (κ2) is 8.92. The minimum Gasteiger partial charge on any atom is -0.370 e. The first kappa shape index (κ1) is 17.8. The zero-order chi connectivity index (χ0) is 17.5. The summed E-state index contributed by atoms with van der Waals surface area (Å²) < 4.78 is 7.71. The summed E-state index contributed by atoms with van der Waals surface area (Å²) in [6.45, 7) is 3.21. The third kappa shape index (κ3) is 4.99. The van der Waals surface area contributed by atoms with Crippen LogP contribution in [-0.4, -0.2) is 59.7 Å². The lowest BCUT2D eigenvalue weighted by Crippen LogP contribution is -2.48. The summed E-state index contributed by atoms with van der Waals surface area (Å²) in [4.78, 5) is 7.99. The van der Waals surface area contributed by atoms with Crippen LogP contribution in [0.4, 0.5) is 0 Å². The van der Waals surface area contributed by atoms with Crippen LogP contribution in [-0.2, 0) is 11.8 Å². The normalized spacial score (nSPS) is 18.4. The Labute approximate surface area is 153 Å². The Kier molecular flexibility index (Phi) is 6.36. The predicted octanol–water partition coefficient (Wildman–Crippen LogP) is 2.16. The summed E-state index contributed by atoms with van der Waals surface area (Å²) >= 11 is 1.85. The van der Waals surface area contributed by atoms with Crippen molar-refractivity contribution in [3.63, 3.8) is 0 Å². The maximum absolute atomic E-state index is 5.90. The lowest BCUT2D eigenvalue weighted by molar-refractivity contribution is -0.00798. The lowest BCUT2D eigenvalue weighted by Gasteiger charge is -2.34. The van der Waals surface area contributed by atoms with Crippen LogP contribution in [0.3, 0.4) is 0 Å². The van der Waals surface area contributed by atoms with Gasteiger partial charge in [-0.2, -0.15) is 5.10 Å². The molecule has 1 atom stereocenters. The van der Waals surface area contributed by atoms with Crippen molar-refractivity contribution in [3.8, 4) is 0 Å². The number of nitrogens with one attached hydrogen (secondary N) is 1. The molecule has 0 bridgehead atoms. The number of benzene rings is 1. The van der Waals surface area contributed by atoms with Crippen LogP contribution >= 0.6 is 11.8 Å². The highest BCUT2D eigenvalue weighted by Gasteiger charge is 2.24. The monoisotopic (exact) mass is 359 g/mol. The third-order valence-electron chi connectivity index (χ3n) is 4.07. The van der Waals surface area contributed by atoms with E-state index >= 15 is 0 Å². The first-order chi connectivity index (χ1) is 12.3. The average Bonchev–Trinajstić information content (AvgIpc) is 3.09. The number of aromatic nitrogens is 2. The molecule has 1 aliphatic rings. The van der Waals surface area contributed by atoms with Gasteiger partial charge in [-0.3, -0.25) is 9.67 Å². The topological polar surface area (TPSA) is 54.7 Å². The molecule has 1 aliphatic heterocycles. The highest BCUT2D eigenvalue weighted by atomic mass is 32.2. The number of aliphatic imine (C=N–C) groups is 1. The number of nitrogens with zero attached hydrogens (tertiary/aromatic N) is 4. The molecule has 1 N–H and O–H groups in total. The molecule has 0 amide bonds. The summed E-state index contributed by atoms with van der Waals surface area (Å²) in [5.74, 6) is 1.94. The number of hydrogen-bond acceptors (Lipinski definition) is 4. The summed E-state index contributed by atoms with van der Waals surface area (Å²) in [6.07, 6.45) is 3.93. The molecule has 6 nitrogen and oxygen atoms in total. The Hall–Kier alpha value is -1.99. The van der Waals surface area contributed by atoms with Gasteiger partial charge in [-0.25, -0.2) is 0 Å². The Morgan fingerprint density at radius 2 is 2.24 bits per heavy atom. The van der Waals surface area contributed by atoms with Crippen molar-refractivity contribution in [2.24, 2.45) is 12.0 Å². The minimum atomic E-state index is 0.0414. The third-order valence-corrected chi connectivity index (χ3v) is 5.09. The number of rotatable bonds is 5. The molecule has 0 saturated carbocycles. The number of thioether (sulfide) groups is 1. The van der Waals surface area contributed by atoms with Gasteiger partial charge >= 0.3 is 0 Å². The summed E-state index contributed by atoms with van der Waals surface area (Å²) in [7, 11) is 3.76. The van der Waals surface area contributed by atoms with Crippen LogP contribution < -0.4 is 5.32 Å². The van der Waals surface area contributed by atoms with Crippen LogP contribution in [0.25, 0.3) is 0 Å². The van der Waals surface area contributed by atoms with E-state index in [9.17, 15) is 0 Å².